The number of aromatic nitrogens is 2. The van der Waals surface area contributed by atoms with Crippen LogP contribution in [0.5, 0.6) is 5.75 Å². The molecule has 1 atom stereocenters. The van der Waals surface area contributed by atoms with Gasteiger partial charge in [0.2, 0.25) is 0 Å². The molecule has 1 aromatic heterocycles. The molecule has 2 N–H and O–H groups in total. The van der Waals surface area contributed by atoms with Crippen LogP contribution in [-0.4, -0.2) is 21.5 Å². The zero-order chi connectivity index (χ0) is 15.2. The highest BCUT2D eigenvalue weighted by atomic mass is 16.6. The fourth-order valence-electron chi connectivity index (χ4n) is 2.12. The Labute approximate surface area is 122 Å². The van der Waals surface area contributed by atoms with Crippen molar-refractivity contribution in [1.29, 1.82) is 0 Å². The van der Waals surface area contributed by atoms with E-state index in [1.807, 2.05) is 6.92 Å². The van der Waals surface area contributed by atoms with Crippen molar-refractivity contribution in [2.45, 2.75) is 26.3 Å². The Morgan fingerprint density at radius 3 is 2.86 bits per heavy atom. The summed E-state index contributed by atoms with van der Waals surface area (Å²) in [5.74, 6) is 1.01. The number of hydrogen-bond donors (Lipinski definition) is 2. The molecule has 0 aliphatic carbocycles. The Bertz CT molecular complexity index is 598. The third kappa shape index (κ3) is 3.31. The number of benzene rings is 1. The summed E-state index contributed by atoms with van der Waals surface area (Å²) in [4.78, 5) is 18.1. The molecule has 0 amide bonds. The summed E-state index contributed by atoms with van der Waals surface area (Å²) >= 11 is 0. The maximum atomic E-state index is 11.3. The first-order valence-corrected chi connectivity index (χ1v) is 6.83. The molecule has 0 fully saturated rings. The summed E-state index contributed by atoms with van der Waals surface area (Å²) in [5, 5.41) is 14.5. The van der Waals surface area contributed by atoms with Crippen LogP contribution in [0.1, 0.15) is 32.1 Å². The van der Waals surface area contributed by atoms with Crippen molar-refractivity contribution >= 4 is 11.4 Å². The Hall–Kier alpha value is -2.57. The van der Waals surface area contributed by atoms with E-state index in [2.05, 4.69) is 15.3 Å². The number of anilines is 1. The van der Waals surface area contributed by atoms with Gasteiger partial charge in [0, 0.05) is 12.4 Å². The number of nitrogens with zero attached hydrogens (tertiary/aromatic N) is 2. The van der Waals surface area contributed by atoms with Crippen LogP contribution in [0, 0.1) is 10.1 Å². The predicted octanol–water partition coefficient (Wildman–Crippen LogP) is 3.28. The van der Waals surface area contributed by atoms with Gasteiger partial charge in [-0.3, -0.25) is 10.1 Å². The molecule has 1 heterocycles. The molecule has 21 heavy (non-hydrogen) atoms. The largest absolute Gasteiger partial charge is 0.487 e. The highest BCUT2D eigenvalue weighted by molar-refractivity contribution is 5.68. The van der Waals surface area contributed by atoms with Crippen LogP contribution in [0.4, 0.5) is 11.4 Å². The Balaban J connectivity index is 2.34. The van der Waals surface area contributed by atoms with E-state index in [1.165, 1.54) is 0 Å². The van der Waals surface area contributed by atoms with E-state index in [4.69, 9.17) is 4.74 Å². The normalized spacial score (nSPS) is 11.9. The average Bonchev–Trinajstić information content (AvgIpc) is 2.99. The van der Waals surface area contributed by atoms with Crippen LogP contribution >= 0.6 is 0 Å². The summed E-state index contributed by atoms with van der Waals surface area (Å²) in [6, 6.07) is 4.87. The van der Waals surface area contributed by atoms with Gasteiger partial charge in [0.05, 0.1) is 17.6 Å². The molecule has 0 saturated carbocycles. The molecular formula is C14H18N4O3. The van der Waals surface area contributed by atoms with Gasteiger partial charge in [0.1, 0.15) is 11.5 Å². The monoisotopic (exact) mass is 290 g/mol. The summed E-state index contributed by atoms with van der Waals surface area (Å²) < 4.78 is 5.34. The molecule has 0 bridgehead atoms. The van der Waals surface area contributed by atoms with Crippen LogP contribution in [-0.2, 0) is 0 Å². The number of ether oxygens (including phenoxy) is 1. The SMILES string of the molecule is CCOc1cccc(NC(CC)c2ncc[nH]2)c1[N+](=O)[O-]. The number of imidazole rings is 1. The van der Waals surface area contributed by atoms with Gasteiger partial charge >= 0.3 is 5.69 Å². The minimum absolute atomic E-state index is 0.0515. The lowest BCUT2D eigenvalue weighted by molar-refractivity contribution is -0.385. The van der Waals surface area contributed by atoms with Gasteiger partial charge in [-0.15, -0.1) is 0 Å². The lowest BCUT2D eigenvalue weighted by Crippen LogP contribution is -2.13. The van der Waals surface area contributed by atoms with Gasteiger partial charge in [-0.2, -0.15) is 0 Å². The van der Waals surface area contributed by atoms with Gasteiger partial charge in [0.15, 0.2) is 5.75 Å². The summed E-state index contributed by atoms with van der Waals surface area (Å²) in [5.41, 5.74) is 0.374. The van der Waals surface area contributed by atoms with Crippen molar-refractivity contribution in [1.82, 2.24) is 9.97 Å². The van der Waals surface area contributed by atoms with Crippen LogP contribution < -0.4 is 10.1 Å². The number of nitro benzene ring substituents is 1. The lowest BCUT2D eigenvalue weighted by Gasteiger charge is -2.17. The average molecular weight is 290 g/mol. The zero-order valence-corrected chi connectivity index (χ0v) is 12.0. The maximum Gasteiger partial charge on any atom is 0.333 e. The predicted molar refractivity (Wildman–Crippen MR) is 79.5 cm³/mol. The number of hydrogen-bond acceptors (Lipinski definition) is 5. The summed E-state index contributed by atoms with van der Waals surface area (Å²) in [6.45, 7) is 4.15. The standard InChI is InChI=1S/C14H18N4O3/c1-3-10(14-15-8-9-16-14)17-11-6-5-7-12(21-4-2)13(11)18(19)20/h5-10,17H,3-4H2,1-2H3,(H,15,16). The topological polar surface area (TPSA) is 93.1 Å². The van der Waals surface area contributed by atoms with E-state index in [0.717, 1.165) is 12.2 Å². The molecule has 1 unspecified atom stereocenters. The summed E-state index contributed by atoms with van der Waals surface area (Å²) in [7, 11) is 0. The van der Waals surface area contributed by atoms with Crippen LogP contribution in [0.15, 0.2) is 30.6 Å². The molecule has 0 aliphatic rings. The van der Waals surface area contributed by atoms with Crippen LogP contribution in [0.3, 0.4) is 0 Å². The van der Waals surface area contributed by atoms with E-state index in [0.29, 0.717) is 12.3 Å². The van der Waals surface area contributed by atoms with Gasteiger partial charge in [-0.1, -0.05) is 13.0 Å². The van der Waals surface area contributed by atoms with Crippen LogP contribution in [0.25, 0.3) is 0 Å². The molecule has 7 nitrogen and oxygen atoms in total. The third-order valence-corrected chi connectivity index (χ3v) is 3.07. The second kappa shape index (κ2) is 6.74. The highest BCUT2D eigenvalue weighted by Gasteiger charge is 2.23. The van der Waals surface area contributed by atoms with E-state index < -0.39 is 4.92 Å². The lowest BCUT2D eigenvalue weighted by atomic mass is 10.1. The molecule has 2 rings (SSSR count). The van der Waals surface area contributed by atoms with Crippen molar-refractivity contribution in [2.75, 3.05) is 11.9 Å². The van der Waals surface area contributed by atoms with Crippen LogP contribution in [0.2, 0.25) is 0 Å². The first-order chi connectivity index (χ1) is 10.2. The molecular weight excluding hydrogens is 272 g/mol. The van der Waals surface area contributed by atoms with Gasteiger partial charge < -0.3 is 15.0 Å². The van der Waals surface area contributed by atoms with Crippen molar-refractivity contribution in [3.05, 3.63) is 46.5 Å². The third-order valence-electron chi connectivity index (χ3n) is 3.07. The number of rotatable bonds is 7. The molecule has 0 spiro atoms. The first kappa shape index (κ1) is 14.8. The smallest absolute Gasteiger partial charge is 0.333 e. The molecule has 0 radical (unpaired) electrons. The number of nitrogens with one attached hydrogen (secondary N) is 2. The van der Waals surface area contributed by atoms with Crippen molar-refractivity contribution in [3.8, 4) is 5.75 Å². The number of aromatic amines is 1. The van der Waals surface area contributed by atoms with Gasteiger partial charge in [-0.05, 0) is 25.5 Å². The minimum Gasteiger partial charge on any atom is -0.487 e. The van der Waals surface area contributed by atoms with E-state index in [1.54, 1.807) is 37.5 Å². The minimum atomic E-state index is -0.428. The van der Waals surface area contributed by atoms with Crippen molar-refractivity contribution < 1.29 is 9.66 Å². The molecule has 1 aromatic carbocycles. The first-order valence-electron chi connectivity index (χ1n) is 6.83. The highest BCUT2D eigenvalue weighted by Crippen LogP contribution is 2.36. The summed E-state index contributed by atoms with van der Waals surface area (Å²) in [6.07, 6.45) is 4.12. The Kier molecular flexibility index (Phi) is 4.76. The second-order valence-electron chi connectivity index (χ2n) is 4.42. The Morgan fingerprint density at radius 2 is 2.29 bits per heavy atom. The molecule has 0 aliphatic heterocycles. The molecule has 0 saturated heterocycles. The van der Waals surface area contributed by atoms with Gasteiger partial charge in [-0.25, -0.2) is 4.98 Å². The molecule has 2 aromatic rings. The number of H-pyrrole nitrogens is 1. The van der Waals surface area contributed by atoms with E-state index in [-0.39, 0.29) is 17.5 Å². The zero-order valence-electron chi connectivity index (χ0n) is 12.0. The number of para-hydroxylation sites is 1. The Morgan fingerprint density at radius 1 is 1.48 bits per heavy atom. The fraction of sp³-hybridized carbons (Fsp3) is 0.357. The van der Waals surface area contributed by atoms with E-state index >= 15 is 0 Å². The van der Waals surface area contributed by atoms with E-state index in [9.17, 15) is 10.1 Å². The second-order valence-corrected chi connectivity index (χ2v) is 4.42. The van der Waals surface area contributed by atoms with Crippen molar-refractivity contribution in [2.24, 2.45) is 0 Å². The van der Waals surface area contributed by atoms with Crippen molar-refractivity contribution in [3.63, 3.8) is 0 Å². The maximum absolute atomic E-state index is 11.3. The molecule has 7 heteroatoms. The fourth-order valence-corrected chi connectivity index (χ4v) is 2.12. The molecule has 112 valence electrons. The van der Waals surface area contributed by atoms with Gasteiger partial charge in [0.25, 0.3) is 0 Å². The quantitative estimate of drug-likeness (QED) is 0.603. The number of nitro groups is 1.